The lowest BCUT2D eigenvalue weighted by molar-refractivity contribution is -0.139. The highest BCUT2D eigenvalue weighted by atomic mass is 16.6. The van der Waals surface area contributed by atoms with Crippen molar-refractivity contribution in [2.24, 2.45) is 0 Å². The average Bonchev–Trinajstić information content (AvgIpc) is 2.64. The number of hydrogen-bond donors (Lipinski definition) is 0. The SMILES string of the molecule is CCCOc1ccc2ccccc2c1/C=C(\C#N)C(=O)OCCOC. The molecule has 5 heteroatoms. The molecule has 0 aliphatic carbocycles. The number of hydrogen-bond acceptors (Lipinski definition) is 5. The molecule has 5 nitrogen and oxygen atoms in total. The first kappa shape index (κ1) is 18.5. The number of carbonyl (C=O) groups excluding carboxylic acids is 1. The summed E-state index contributed by atoms with van der Waals surface area (Å²) in [5.41, 5.74) is 0.626. The number of carbonyl (C=O) groups is 1. The molecule has 2 rings (SSSR count). The number of nitriles is 1. The molecule has 0 unspecified atom stereocenters. The standard InChI is InChI=1S/C20H21NO4/c1-3-10-24-19-9-8-15-6-4-5-7-17(15)18(19)13-16(14-21)20(22)25-12-11-23-2/h4-9,13H,3,10-12H2,1-2H3/b16-13+. The van der Waals surface area contributed by atoms with Crippen LogP contribution in [0.15, 0.2) is 42.0 Å². The van der Waals surface area contributed by atoms with E-state index in [0.717, 1.165) is 17.2 Å². The van der Waals surface area contributed by atoms with Crippen molar-refractivity contribution in [3.8, 4) is 11.8 Å². The van der Waals surface area contributed by atoms with Gasteiger partial charge in [0.05, 0.1) is 13.2 Å². The van der Waals surface area contributed by atoms with Crippen molar-refractivity contribution in [1.29, 1.82) is 5.26 Å². The third-order valence-electron chi connectivity index (χ3n) is 3.54. The molecule has 0 spiro atoms. The van der Waals surface area contributed by atoms with Crippen molar-refractivity contribution in [2.45, 2.75) is 13.3 Å². The molecule has 0 aliphatic rings. The van der Waals surface area contributed by atoms with Crippen LogP contribution in [0.25, 0.3) is 16.8 Å². The smallest absolute Gasteiger partial charge is 0.348 e. The van der Waals surface area contributed by atoms with Gasteiger partial charge in [0.2, 0.25) is 0 Å². The Balaban J connectivity index is 2.45. The van der Waals surface area contributed by atoms with E-state index in [9.17, 15) is 10.1 Å². The van der Waals surface area contributed by atoms with Crippen LogP contribution in [0.4, 0.5) is 0 Å². The molecular weight excluding hydrogens is 318 g/mol. The lowest BCUT2D eigenvalue weighted by atomic mass is 10.0. The second kappa shape index (κ2) is 9.45. The molecule has 0 amide bonds. The molecule has 0 atom stereocenters. The number of nitrogens with zero attached hydrogens (tertiary/aromatic N) is 1. The van der Waals surface area contributed by atoms with E-state index in [2.05, 4.69) is 0 Å². The summed E-state index contributed by atoms with van der Waals surface area (Å²) in [4.78, 5) is 12.1. The third kappa shape index (κ3) is 4.82. The minimum Gasteiger partial charge on any atom is -0.493 e. The summed E-state index contributed by atoms with van der Waals surface area (Å²) >= 11 is 0. The molecule has 0 fully saturated rings. The highest BCUT2D eigenvalue weighted by molar-refractivity contribution is 6.02. The molecule has 2 aromatic carbocycles. The predicted octanol–water partition coefficient (Wildman–Crippen LogP) is 3.73. The molecule has 25 heavy (non-hydrogen) atoms. The van der Waals surface area contributed by atoms with Gasteiger partial charge in [0.15, 0.2) is 0 Å². The molecule has 2 aromatic rings. The molecule has 0 saturated carbocycles. The summed E-state index contributed by atoms with van der Waals surface area (Å²) < 4.78 is 15.7. The van der Waals surface area contributed by atoms with Crippen LogP contribution < -0.4 is 4.74 Å². The maximum absolute atomic E-state index is 12.1. The van der Waals surface area contributed by atoms with Crippen LogP contribution in [0.5, 0.6) is 5.75 Å². The van der Waals surface area contributed by atoms with Gasteiger partial charge in [0, 0.05) is 12.7 Å². The summed E-state index contributed by atoms with van der Waals surface area (Å²) in [7, 11) is 1.52. The Kier molecular flexibility index (Phi) is 7.00. The molecule has 0 heterocycles. The maximum Gasteiger partial charge on any atom is 0.348 e. The second-order valence-electron chi connectivity index (χ2n) is 5.35. The van der Waals surface area contributed by atoms with Gasteiger partial charge >= 0.3 is 5.97 Å². The summed E-state index contributed by atoms with van der Waals surface area (Å²) in [6, 6.07) is 13.5. The van der Waals surface area contributed by atoms with Gasteiger partial charge in [-0.15, -0.1) is 0 Å². The molecule has 0 radical (unpaired) electrons. The highest BCUT2D eigenvalue weighted by Gasteiger charge is 2.14. The zero-order valence-electron chi connectivity index (χ0n) is 14.5. The van der Waals surface area contributed by atoms with E-state index in [0.29, 0.717) is 17.9 Å². The Hall–Kier alpha value is -2.84. The van der Waals surface area contributed by atoms with Crippen molar-refractivity contribution >= 4 is 22.8 Å². The van der Waals surface area contributed by atoms with E-state index in [4.69, 9.17) is 14.2 Å². The van der Waals surface area contributed by atoms with Gasteiger partial charge in [-0.3, -0.25) is 0 Å². The summed E-state index contributed by atoms with van der Waals surface area (Å²) in [5, 5.41) is 11.3. The number of rotatable bonds is 8. The Morgan fingerprint density at radius 1 is 1.16 bits per heavy atom. The number of ether oxygens (including phenoxy) is 3. The van der Waals surface area contributed by atoms with E-state index in [1.54, 1.807) is 0 Å². The van der Waals surface area contributed by atoms with Crippen LogP contribution in [0.1, 0.15) is 18.9 Å². The van der Waals surface area contributed by atoms with Gasteiger partial charge < -0.3 is 14.2 Å². The molecule has 0 N–H and O–H groups in total. The van der Waals surface area contributed by atoms with E-state index in [1.807, 2.05) is 49.4 Å². The van der Waals surface area contributed by atoms with Gasteiger partial charge in [0.25, 0.3) is 0 Å². The molecule has 0 bridgehead atoms. The summed E-state index contributed by atoms with van der Waals surface area (Å²) in [5.74, 6) is -0.0353. The van der Waals surface area contributed by atoms with E-state index in [1.165, 1.54) is 13.2 Å². The third-order valence-corrected chi connectivity index (χ3v) is 3.54. The first-order chi connectivity index (χ1) is 12.2. The Morgan fingerprint density at radius 3 is 2.68 bits per heavy atom. The number of benzene rings is 2. The van der Waals surface area contributed by atoms with Crippen molar-refractivity contribution < 1.29 is 19.0 Å². The zero-order chi connectivity index (χ0) is 18.1. The second-order valence-corrected chi connectivity index (χ2v) is 5.35. The first-order valence-electron chi connectivity index (χ1n) is 8.13. The molecule has 0 saturated heterocycles. The van der Waals surface area contributed by atoms with Gasteiger partial charge in [-0.1, -0.05) is 37.3 Å². The molecule has 0 aromatic heterocycles. The normalized spacial score (nSPS) is 11.2. The summed E-state index contributed by atoms with van der Waals surface area (Å²) in [6.45, 7) is 2.95. The van der Waals surface area contributed by atoms with Gasteiger partial charge in [0.1, 0.15) is 24.0 Å². The van der Waals surface area contributed by atoms with Gasteiger partial charge in [-0.2, -0.15) is 5.26 Å². The number of fused-ring (bicyclic) bond motifs is 1. The minimum atomic E-state index is -0.672. The van der Waals surface area contributed by atoms with Crippen LogP contribution in [0.2, 0.25) is 0 Å². The van der Waals surface area contributed by atoms with Crippen LogP contribution in [0.3, 0.4) is 0 Å². The fourth-order valence-electron chi connectivity index (χ4n) is 2.34. The van der Waals surface area contributed by atoms with Crippen molar-refractivity contribution in [3.63, 3.8) is 0 Å². The van der Waals surface area contributed by atoms with E-state index in [-0.39, 0.29) is 18.8 Å². The van der Waals surface area contributed by atoms with Crippen LogP contribution in [-0.2, 0) is 14.3 Å². The predicted molar refractivity (Wildman–Crippen MR) is 96.2 cm³/mol. The van der Waals surface area contributed by atoms with Gasteiger partial charge in [-0.25, -0.2) is 4.79 Å². The van der Waals surface area contributed by atoms with E-state index < -0.39 is 5.97 Å². The Labute approximate surface area is 147 Å². The zero-order valence-corrected chi connectivity index (χ0v) is 14.5. The molecular formula is C20H21NO4. The summed E-state index contributed by atoms with van der Waals surface area (Å²) in [6.07, 6.45) is 2.39. The topological polar surface area (TPSA) is 68.5 Å². The fraction of sp³-hybridized carbons (Fsp3) is 0.300. The Morgan fingerprint density at radius 2 is 1.96 bits per heavy atom. The van der Waals surface area contributed by atoms with Crippen LogP contribution in [-0.4, -0.2) is 32.9 Å². The highest BCUT2D eigenvalue weighted by Crippen LogP contribution is 2.30. The quantitative estimate of drug-likeness (QED) is 0.317. The largest absolute Gasteiger partial charge is 0.493 e. The van der Waals surface area contributed by atoms with Crippen molar-refractivity contribution in [3.05, 3.63) is 47.5 Å². The fourth-order valence-corrected chi connectivity index (χ4v) is 2.34. The molecule has 130 valence electrons. The Bertz CT molecular complexity index is 805. The van der Waals surface area contributed by atoms with Crippen molar-refractivity contribution in [2.75, 3.05) is 26.9 Å². The lowest BCUT2D eigenvalue weighted by Crippen LogP contribution is -2.11. The monoisotopic (exact) mass is 339 g/mol. The average molecular weight is 339 g/mol. The number of esters is 1. The first-order valence-corrected chi connectivity index (χ1v) is 8.13. The van der Waals surface area contributed by atoms with Crippen molar-refractivity contribution in [1.82, 2.24) is 0 Å². The number of methoxy groups -OCH3 is 1. The minimum absolute atomic E-state index is 0.0752. The lowest BCUT2D eigenvalue weighted by Gasteiger charge is -2.12. The van der Waals surface area contributed by atoms with E-state index >= 15 is 0 Å². The maximum atomic E-state index is 12.1. The van der Waals surface area contributed by atoms with Gasteiger partial charge in [-0.05, 0) is 29.3 Å². The van der Waals surface area contributed by atoms with Crippen LogP contribution >= 0.6 is 0 Å². The molecule has 0 aliphatic heterocycles. The van der Waals surface area contributed by atoms with Crippen LogP contribution in [0, 0.1) is 11.3 Å².